The Hall–Kier alpha value is -3.68. The third kappa shape index (κ3) is 4.26. The highest BCUT2D eigenvalue weighted by atomic mass is 19.2. The molecule has 0 atom stereocenters. The van der Waals surface area contributed by atoms with Crippen LogP contribution in [0.1, 0.15) is 16.1 Å². The van der Waals surface area contributed by atoms with Gasteiger partial charge >= 0.3 is 0 Å². The largest absolute Gasteiger partial charge is 0.493 e. The zero-order valence-corrected chi connectivity index (χ0v) is 16.0. The average Bonchev–Trinajstić information content (AvgIpc) is 3.21. The van der Waals surface area contributed by atoms with Crippen LogP contribution in [0, 0.1) is 11.6 Å². The number of benzene rings is 2. The van der Waals surface area contributed by atoms with Gasteiger partial charge in [-0.05, 0) is 48.6 Å². The zero-order valence-electron chi connectivity index (χ0n) is 16.0. The Bertz CT molecular complexity index is 1050. The van der Waals surface area contributed by atoms with Crippen molar-refractivity contribution in [3.63, 3.8) is 0 Å². The van der Waals surface area contributed by atoms with Crippen molar-refractivity contribution in [2.45, 2.75) is 0 Å². The van der Waals surface area contributed by atoms with E-state index >= 15 is 0 Å². The fourth-order valence-corrected chi connectivity index (χ4v) is 2.71. The van der Waals surface area contributed by atoms with Crippen molar-refractivity contribution in [3.8, 4) is 28.5 Å². The molecule has 1 heterocycles. The summed E-state index contributed by atoms with van der Waals surface area (Å²) in [7, 11) is 4.55. The molecule has 1 aromatic heterocycles. The standard InChI is InChI=1S/C21H18F2N2O4/c1-27-19-9-13(10-20(28-2)21(19)29-3)17-11-14(24-25-17)5-7-18(26)12-4-6-15(22)16(23)8-12/h4-11H,1-3H3,(H,24,25)/b7-5+. The number of ether oxygens (including phenoxy) is 3. The quantitative estimate of drug-likeness (QED) is 0.473. The molecule has 3 aromatic rings. The van der Waals surface area contributed by atoms with E-state index in [1.807, 2.05) is 0 Å². The minimum Gasteiger partial charge on any atom is -0.493 e. The van der Waals surface area contributed by atoms with Crippen molar-refractivity contribution in [1.82, 2.24) is 10.2 Å². The van der Waals surface area contributed by atoms with Gasteiger partial charge in [-0.3, -0.25) is 9.89 Å². The molecule has 0 bridgehead atoms. The highest BCUT2D eigenvalue weighted by molar-refractivity contribution is 6.06. The number of aromatic nitrogens is 2. The highest BCUT2D eigenvalue weighted by Gasteiger charge is 2.15. The van der Waals surface area contributed by atoms with Crippen molar-refractivity contribution in [2.75, 3.05) is 21.3 Å². The van der Waals surface area contributed by atoms with Crippen molar-refractivity contribution in [1.29, 1.82) is 0 Å². The van der Waals surface area contributed by atoms with Gasteiger partial charge in [0.15, 0.2) is 28.9 Å². The topological polar surface area (TPSA) is 73.4 Å². The number of H-pyrrole nitrogens is 1. The number of halogens is 2. The van der Waals surface area contributed by atoms with Gasteiger partial charge in [0.2, 0.25) is 5.75 Å². The van der Waals surface area contributed by atoms with Crippen LogP contribution >= 0.6 is 0 Å². The summed E-state index contributed by atoms with van der Waals surface area (Å²) < 4.78 is 42.2. The number of carbonyl (C=O) groups is 1. The molecule has 0 amide bonds. The van der Waals surface area contributed by atoms with Gasteiger partial charge < -0.3 is 14.2 Å². The second-order valence-electron chi connectivity index (χ2n) is 5.95. The van der Waals surface area contributed by atoms with Crippen LogP contribution in [0.5, 0.6) is 17.2 Å². The van der Waals surface area contributed by atoms with Crippen LogP contribution < -0.4 is 14.2 Å². The van der Waals surface area contributed by atoms with E-state index in [0.717, 1.165) is 12.1 Å². The maximum absolute atomic E-state index is 13.3. The van der Waals surface area contributed by atoms with E-state index in [1.165, 1.54) is 39.5 Å². The Morgan fingerprint density at radius 3 is 2.24 bits per heavy atom. The summed E-state index contributed by atoms with van der Waals surface area (Å²) in [6, 6.07) is 8.20. The van der Waals surface area contributed by atoms with E-state index in [2.05, 4.69) is 10.2 Å². The van der Waals surface area contributed by atoms with Crippen molar-refractivity contribution < 1.29 is 27.8 Å². The molecule has 0 aliphatic carbocycles. The van der Waals surface area contributed by atoms with Crippen LogP contribution in [-0.2, 0) is 0 Å². The number of methoxy groups -OCH3 is 3. The van der Waals surface area contributed by atoms with Crippen molar-refractivity contribution in [2.24, 2.45) is 0 Å². The van der Waals surface area contributed by atoms with Crippen LogP contribution in [0.3, 0.4) is 0 Å². The maximum atomic E-state index is 13.3. The van der Waals surface area contributed by atoms with Gasteiger partial charge in [-0.1, -0.05) is 0 Å². The summed E-state index contributed by atoms with van der Waals surface area (Å²) in [5.41, 5.74) is 1.89. The first-order chi connectivity index (χ1) is 14.0. The fourth-order valence-electron chi connectivity index (χ4n) is 2.71. The van der Waals surface area contributed by atoms with Gasteiger partial charge in [-0.2, -0.15) is 5.10 Å². The van der Waals surface area contributed by atoms with Gasteiger partial charge in [0.1, 0.15) is 0 Å². The van der Waals surface area contributed by atoms with Gasteiger partial charge in [0, 0.05) is 11.1 Å². The Kier molecular flexibility index (Phi) is 5.92. The monoisotopic (exact) mass is 400 g/mol. The predicted octanol–water partition coefficient (Wildman–Crippen LogP) is 4.28. The average molecular weight is 400 g/mol. The molecule has 2 aromatic carbocycles. The summed E-state index contributed by atoms with van der Waals surface area (Å²) in [6.45, 7) is 0. The molecule has 150 valence electrons. The lowest BCUT2D eigenvalue weighted by atomic mass is 10.1. The molecule has 1 N–H and O–H groups in total. The number of hydrogen-bond acceptors (Lipinski definition) is 5. The second-order valence-corrected chi connectivity index (χ2v) is 5.95. The molecule has 6 nitrogen and oxygen atoms in total. The molecule has 29 heavy (non-hydrogen) atoms. The lowest BCUT2D eigenvalue weighted by molar-refractivity contribution is 0.104. The van der Waals surface area contributed by atoms with Gasteiger partial charge in [0.05, 0.1) is 32.7 Å². The minimum atomic E-state index is -1.07. The van der Waals surface area contributed by atoms with Gasteiger partial charge in [-0.15, -0.1) is 0 Å². The number of aromatic amines is 1. The molecule has 0 unspecified atom stereocenters. The third-order valence-electron chi connectivity index (χ3n) is 4.18. The molecule has 0 spiro atoms. The second kappa shape index (κ2) is 8.55. The first kappa shape index (κ1) is 20.1. The predicted molar refractivity (Wildman–Crippen MR) is 103 cm³/mol. The number of nitrogens with zero attached hydrogens (tertiary/aromatic N) is 1. The van der Waals surface area contributed by atoms with E-state index < -0.39 is 17.4 Å². The summed E-state index contributed by atoms with van der Waals surface area (Å²) in [5, 5.41) is 7.02. The van der Waals surface area contributed by atoms with E-state index in [0.29, 0.717) is 34.2 Å². The molecule has 0 saturated carbocycles. The molecule has 0 fully saturated rings. The van der Waals surface area contributed by atoms with Crippen LogP contribution in [0.15, 0.2) is 42.5 Å². The smallest absolute Gasteiger partial charge is 0.203 e. The molecular formula is C21H18F2N2O4. The van der Waals surface area contributed by atoms with E-state index in [1.54, 1.807) is 18.2 Å². The number of hydrogen-bond donors (Lipinski definition) is 1. The van der Waals surface area contributed by atoms with Crippen molar-refractivity contribution in [3.05, 3.63) is 65.4 Å². The van der Waals surface area contributed by atoms with Gasteiger partial charge in [-0.25, -0.2) is 8.78 Å². The summed E-state index contributed by atoms with van der Waals surface area (Å²) in [6.07, 6.45) is 2.75. The maximum Gasteiger partial charge on any atom is 0.203 e. The first-order valence-corrected chi connectivity index (χ1v) is 8.50. The third-order valence-corrected chi connectivity index (χ3v) is 4.18. The lowest BCUT2D eigenvalue weighted by Gasteiger charge is -2.13. The van der Waals surface area contributed by atoms with Crippen LogP contribution in [0.4, 0.5) is 8.78 Å². The summed E-state index contributed by atoms with van der Waals surface area (Å²) in [5.74, 6) is -1.12. The number of carbonyl (C=O) groups excluding carboxylic acids is 1. The number of ketones is 1. The zero-order chi connectivity index (χ0) is 21.0. The van der Waals surface area contributed by atoms with E-state index in [4.69, 9.17) is 14.2 Å². The highest BCUT2D eigenvalue weighted by Crippen LogP contribution is 2.40. The number of allylic oxidation sites excluding steroid dienone is 1. The van der Waals surface area contributed by atoms with Crippen LogP contribution in [0.25, 0.3) is 17.3 Å². The minimum absolute atomic E-state index is 0.0458. The summed E-state index contributed by atoms with van der Waals surface area (Å²) >= 11 is 0. The fraction of sp³-hybridized carbons (Fsp3) is 0.143. The molecule has 3 rings (SSSR count). The molecular weight excluding hydrogens is 382 g/mol. The van der Waals surface area contributed by atoms with Crippen LogP contribution in [0.2, 0.25) is 0 Å². The molecule has 0 saturated heterocycles. The Morgan fingerprint density at radius 1 is 0.966 bits per heavy atom. The SMILES string of the molecule is COc1cc(-c2cc(/C=C/C(=O)c3ccc(F)c(F)c3)[nH]n2)cc(OC)c1OC. The van der Waals surface area contributed by atoms with Gasteiger partial charge in [0.25, 0.3) is 0 Å². The van der Waals surface area contributed by atoms with E-state index in [-0.39, 0.29) is 5.56 Å². The molecule has 8 heteroatoms. The molecule has 0 radical (unpaired) electrons. The molecule has 0 aliphatic heterocycles. The Morgan fingerprint density at radius 2 is 1.66 bits per heavy atom. The van der Waals surface area contributed by atoms with E-state index in [9.17, 15) is 13.6 Å². The Labute approximate surface area is 165 Å². The normalized spacial score (nSPS) is 10.9. The number of nitrogens with one attached hydrogen (secondary N) is 1. The lowest BCUT2D eigenvalue weighted by Crippen LogP contribution is -1.96. The first-order valence-electron chi connectivity index (χ1n) is 8.50. The summed E-state index contributed by atoms with van der Waals surface area (Å²) in [4.78, 5) is 12.1. The van der Waals surface area contributed by atoms with Crippen LogP contribution in [-0.4, -0.2) is 37.3 Å². The molecule has 0 aliphatic rings. The van der Waals surface area contributed by atoms with Crippen molar-refractivity contribution >= 4 is 11.9 Å². The Balaban J connectivity index is 1.84. The number of rotatable bonds is 7.